The van der Waals surface area contributed by atoms with Gasteiger partial charge in [-0.25, -0.2) is 0 Å². The Morgan fingerprint density at radius 2 is 2.29 bits per heavy atom. The van der Waals surface area contributed by atoms with Crippen molar-refractivity contribution in [3.8, 4) is 0 Å². The summed E-state index contributed by atoms with van der Waals surface area (Å²) < 4.78 is 0. The van der Waals surface area contributed by atoms with Gasteiger partial charge in [-0.2, -0.15) is 0 Å². The topological polar surface area (TPSA) is 89.4 Å². The van der Waals surface area contributed by atoms with Crippen molar-refractivity contribution in [2.75, 3.05) is 6.61 Å². The van der Waals surface area contributed by atoms with Gasteiger partial charge < -0.3 is 10.8 Å². The fourth-order valence-electron chi connectivity index (χ4n) is 1.34. The molecule has 0 saturated heterocycles. The fourth-order valence-corrected chi connectivity index (χ4v) is 1.34. The molecule has 0 aromatic heterocycles. The first kappa shape index (κ1) is 10.6. The molecule has 5 heteroatoms. The highest BCUT2D eigenvalue weighted by Gasteiger charge is 2.16. The number of rotatable bonds is 3. The third kappa shape index (κ3) is 1.89. The lowest BCUT2D eigenvalue weighted by Crippen LogP contribution is -2.16. The molecule has 3 N–H and O–H groups in total. The second-order valence-corrected chi connectivity index (χ2v) is 3.04. The van der Waals surface area contributed by atoms with E-state index in [2.05, 4.69) is 0 Å². The van der Waals surface area contributed by atoms with Crippen LogP contribution in [0.25, 0.3) is 0 Å². The van der Waals surface area contributed by atoms with Crippen molar-refractivity contribution >= 4 is 5.69 Å². The average molecular weight is 196 g/mol. The number of nitro groups is 1. The van der Waals surface area contributed by atoms with Crippen molar-refractivity contribution in [3.63, 3.8) is 0 Å². The van der Waals surface area contributed by atoms with E-state index in [1.165, 1.54) is 6.07 Å². The third-order valence-corrected chi connectivity index (χ3v) is 2.14. The number of aliphatic hydroxyl groups excluding tert-OH is 1. The number of hydrogen-bond acceptors (Lipinski definition) is 4. The summed E-state index contributed by atoms with van der Waals surface area (Å²) in [4.78, 5) is 10.1. The highest BCUT2D eigenvalue weighted by Crippen LogP contribution is 2.24. The van der Waals surface area contributed by atoms with E-state index in [1.54, 1.807) is 19.1 Å². The van der Waals surface area contributed by atoms with Gasteiger partial charge in [-0.15, -0.1) is 0 Å². The molecule has 0 unspecified atom stereocenters. The molecule has 76 valence electrons. The van der Waals surface area contributed by atoms with E-state index in [-0.39, 0.29) is 12.3 Å². The normalized spacial score (nSPS) is 12.5. The molecule has 1 atom stereocenters. The molecule has 0 aliphatic carbocycles. The van der Waals surface area contributed by atoms with Crippen molar-refractivity contribution in [3.05, 3.63) is 39.4 Å². The summed E-state index contributed by atoms with van der Waals surface area (Å²) >= 11 is 0. The number of benzene rings is 1. The molecule has 1 rings (SSSR count). The first-order valence-electron chi connectivity index (χ1n) is 4.18. The number of nitrogens with zero attached hydrogens (tertiary/aromatic N) is 1. The van der Waals surface area contributed by atoms with Gasteiger partial charge in [-0.05, 0) is 12.5 Å². The summed E-state index contributed by atoms with van der Waals surface area (Å²) in [5.41, 5.74) is 6.75. The van der Waals surface area contributed by atoms with E-state index >= 15 is 0 Å². The Hall–Kier alpha value is -1.46. The zero-order valence-corrected chi connectivity index (χ0v) is 7.80. The van der Waals surface area contributed by atoms with Crippen LogP contribution in [0.15, 0.2) is 18.2 Å². The van der Waals surface area contributed by atoms with Crippen LogP contribution in [0, 0.1) is 17.0 Å². The first-order valence-corrected chi connectivity index (χ1v) is 4.18. The zero-order chi connectivity index (χ0) is 10.7. The first-order chi connectivity index (χ1) is 6.57. The minimum Gasteiger partial charge on any atom is -0.394 e. The van der Waals surface area contributed by atoms with Gasteiger partial charge in [0.1, 0.15) is 0 Å². The summed E-state index contributed by atoms with van der Waals surface area (Å²) in [7, 11) is 0. The van der Waals surface area contributed by atoms with Crippen molar-refractivity contribution < 1.29 is 10.0 Å². The van der Waals surface area contributed by atoms with E-state index in [4.69, 9.17) is 10.8 Å². The summed E-state index contributed by atoms with van der Waals surface area (Å²) in [6, 6.07) is 4.11. The Labute approximate surface area is 81.3 Å². The van der Waals surface area contributed by atoms with Crippen LogP contribution in [-0.2, 0) is 0 Å². The van der Waals surface area contributed by atoms with Crippen LogP contribution in [0.3, 0.4) is 0 Å². The van der Waals surface area contributed by atoms with Crippen LogP contribution in [-0.4, -0.2) is 16.6 Å². The average Bonchev–Trinajstić information content (AvgIpc) is 2.16. The van der Waals surface area contributed by atoms with Gasteiger partial charge in [0.25, 0.3) is 5.69 Å². The van der Waals surface area contributed by atoms with Crippen molar-refractivity contribution in [1.29, 1.82) is 0 Å². The SMILES string of the molecule is Cc1c([C@H](N)CO)cccc1[N+](=O)[O-]. The van der Waals surface area contributed by atoms with Crippen LogP contribution >= 0.6 is 0 Å². The van der Waals surface area contributed by atoms with Crippen molar-refractivity contribution in [2.45, 2.75) is 13.0 Å². The number of aliphatic hydroxyl groups is 1. The van der Waals surface area contributed by atoms with Gasteiger partial charge in [0.15, 0.2) is 0 Å². The Morgan fingerprint density at radius 1 is 1.64 bits per heavy atom. The predicted molar refractivity (Wildman–Crippen MR) is 51.8 cm³/mol. The molecule has 0 amide bonds. The minimum absolute atomic E-state index is 0.0337. The monoisotopic (exact) mass is 196 g/mol. The van der Waals surface area contributed by atoms with E-state index in [9.17, 15) is 10.1 Å². The van der Waals surface area contributed by atoms with Crippen molar-refractivity contribution in [2.24, 2.45) is 5.73 Å². The molecule has 0 aliphatic heterocycles. The Kier molecular flexibility index (Phi) is 3.16. The van der Waals surface area contributed by atoms with Crippen LogP contribution in [0.2, 0.25) is 0 Å². The molecular formula is C9H12N2O3. The molecule has 1 aromatic rings. The Bertz CT molecular complexity index is 352. The number of nitro benzene ring substituents is 1. The van der Waals surface area contributed by atoms with E-state index in [0.717, 1.165) is 0 Å². The van der Waals surface area contributed by atoms with Crippen molar-refractivity contribution in [1.82, 2.24) is 0 Å². The highest BCUT2D eigenvalue weighted by molar-refractivity contribution is 5.45. The quantitative estimate of drug-likeness (QED) is 0.555. The maximum Gasteiger partial charge on any atom is 0.272 e. The standard InChI is InChI=1S/C9H12N2O3/c1-6-7(8(10)5-12)3-2-4-9(6)11(13)14/h2-4,8,12H,5,10H2,1H3/t8-/m1/s1. The fraction of sp³-hybridized carbons (Fsp3) is 0.333. The molecular weight excluding hydrogens is 184 g/mol. The van der Waals surface area contributed by atoms with Crippen LogP contribution in [0.4, 0.5) is 5.69 Å². The summed E-state index contributed by atoms with van der Waals surface area (Å²) in [5, 5.41) is 19.4. The lowest BCUT2D eigenvalue weighted by Gasteiger charge is -2.11. The zero-order valence-electron chi connectivity index (χ0n) is 7.80. The molecule has 0 radical (unpaired) electrons. The van der Waals surface area contributed by atoms with Crippen LogP contribution in [0.1, 0.15) is 17.2 Å². The molecule has 1 aromatic carbocycles. The van der Waals surface area contributed by atoms with Crippen LogP contribution in [0.5, 0.6) is 0 Å². The Morgan fingerprint density at radius 3 is 2.79 bits per heavy atom. The second kappa shape index (κ2) is 4.17. The molecule has 0 bridgehead atoms. The lowest BCUT2D eigenvalue weighted by atomic mass is 10.0. The van der Waals surface area contributed by atoms with Gasteiger partial charge in [-0.3, -0.25) is 10.1 Å². The predicted octanol–water partition coefficient (Wildman–Crippen LogP) is 0.895. The van der Waals surface area contributed by atoms with Gasteiger partial charge in [0.2, 0.25) is 0 Å². The summed E-state index contributed by atoms with van der Waals surface area (Å²) in [6.45, 7) is 1.41. The number of nitrogens with two attached hydrogens (primary N) is 1. The van der Waals surface area contributed by atoms with E-state index in [1.807, 2.05) is 0 Å². The summed E-state index contributed by atoms with van der Waals surface area (Å²) in [5.74, 6) is 0. The minimum atomic E-state index is -0.560. The molecule has 5 nitrogen and oxygen atoms in total. The molecule has 0 heterocycles. The van der Waals surface area contributed by atoms with E-state index < -0.39 is 11.0 Å². The molecule has 0 aliphatic rings. The molecule has 0 spiro atoms. The van der Waals surface area contributed by atoms with Crippen LogP contribution < -0.4 is 5.73 Å². The molecule has 14 heavy (non-hydrogen) atoms. The molecule has 0 saturated carbocycles. The van der Waals surface area contributed by atoms with Gasteiger partial charge in [-0.1, -0.05) is 12.1 Å². The maximum atomic E-state index is 10.6. The smallest absolute Gasteiger partial charge is 0.272 e. The van der Waals surface area contributed by atoms with E-state index in [0.29, 0.717) is 11.1 Å². The van der Waals surface area contributed by atoms with Gasteiger partial charge in [0.05, 0.1) is 17.6 Å². The Balaban J connectivity index is 3.20. The largest absolute Gasteiger partial charge is 0.394 e. The number of hydrogen-bond donors (Lipinski definition) is 2. The third-order valence-electron chi connectivity index (χ3n) is 2.14. The summed E-state index contributed by atoms with van der Waals surface area (Å²) in [6.07, 6.45) is 0. The maximum absolute atomic E-state index is 10.6. The second-order valence-electron chi connectivity index (χ2n) is 3.04. The van der Waals surface area contributed by atoms with Gasteiger partial charge in [0, 0.05) is 11.6 Å². The molecule has 0 fully saturated rings. The highest BCUT2D eigenvalue weighted by atomic mass is 16.6. The van der Waals surface area contributed by atoms with Gasteiger partial charge >= 0.3 is 0 Å². The lowest BCUT2D eigenvalue weighted by molar-refractivity contribution is -0.385.